The largest absolute Gasteiger partial charge is 0.370 e. The summed E-state index contributed by atoms with van der Waals surface area (Å²) < 4.78 is 12.0. The molecular weight excluding hydrogens is 306 g/mol. The van der Waals surface area contributed by atoms with Crippen LogP contribution in [-0.4, -0.2) is 28.5 Å². The normalized spacial score (nSPS) is 14.7. The molecule has 0 aromatic heterocycles. The number of nitrogens with one attached hydrogen (secondary N) is 1. The van der Waals surface area contributed by atoms with Crippen LogP contribution in [-0.2, 0) is 16.6 Å². The number of benzene rings is 1. The van der Waals surface area contributed by atoms with Gasteiger partial charge in [0.2, 0.25) is 0 Å². The zero-order valence-corrected chi connectivity index (χ0v) is 15.4. The molecule has 0 saturated carbocycles. The van der Waals surface area contributed by atoms with Crippen molar-refractivity contribution in [2.45, 2.75) is 51.8 Å². The van der Waals surface area contributed by atoms with Crippen LogP contribution >= 0.6 is 0 Å². The Morgan fingerprint density at radius 2 is 1.91 bits per heavy atom. The molecule has 1 rings (SSSR count). The lowest BCUT2D eigenvalue weighted by Gasteiger charge is -2.15. The van der Waals surface area contributed by atoms with Crippen LogP contribution in [0.3, 0.4) is 0 Å². The second-order valence-corrected chi connectivity index (χ2v) is 7.99. The summed E-state index contributed by atoms with van der Waals surface area (Å²) in [6.07, 6.45) is 3.52. The molecular formula is C18H31N3OS. The number of guanidine groups is 1. The van der Waals surface area contributed by atoms with Crippen LogP contribution in [0.15, 0.2) is 35.3 Å². The average molecular weight is 338 g/mol. The van der Waals surface area contributed by atoms with E-state index in [2.05, 4.69) is 31.1 Å². The summed E-state index contributed by atoms with van der Waals surface area (Å²) in [4.78, 5) is 4.28. The Morgan fingerprint density at radius 1 is 1.22 bits per heavy atom. The third-order valence-electron chi connectivity index (χ3n) is 3.58. The van der Waals surface area contributed by atoms with Crippen molar-refractivity contribution in [3.8, 4) is 0 Å². The van der Waals surface area contributed by atoms with Gasteiger partial charge in [-0.1, -0.05) is 57.0 Å². The molecule has 0 saturated heterocycles. The Labute approximate surface area is 143 Å². The molecule has 5 heteroatoms. The number of aliphatic imine (C=N–C) groups is 1. The maximum Gasteiger partial charge on any atom is 0.188 e. The van der Waals surface area contributed by atoms with Crippen LogP contribution in [0, 0.1) is 5.92 Å². The summed E-state index contributed by atoms with van der Waals surface area (Å²) in [5, 5.41) is 3.21. The Morgan fingerprint density at radius 3 is 2.57 bits per heavy atom. The molecule has 0 spiro atoms. The zero-order valence-electron chi connectivity index (χ0n) is 14.6. The molecule has 2 atom stereocenters. The topological polar surface area (TPSA) is 67.5 Å². The molecule has 4 nitrogen and oxygen atoms in total. The first-order chi connectivity index (χ1) is 11.0. The van der Waals surface area contributed by atoms with E-state index >= 15 is 0 Å². The Balaban J connectivity index is 2.21. The third kappa shape index (κ3) is 10.1. The van der Waals surface area contributed by atoms with Gasteiger partial charge in [0.15, 0.2) is 5.96 Å². The fourth-order valence-electron chi connectivity index (χ4n) is 2.30. The summed E-state index contributed by atoms with van der Waals surface area (Å²) >= 11 is 0. The van der Waals surface area contributed by atoms with Gasteiger partial charge in [0.1, 0.15) is 0 Å². The molecule has 0 bridgehead atoms. The van der Waals surface area contributed by atoms with Gasteiger partial charge in [-0.25, -0.2) is 0 Å². The van der Waals surface area contributed by atoms with Gasteiger partial charge in [-0.3, -0.25) is 9.20 Å². The molecule has 23 heavy (non-hydrogen) atoms. The molecule has 0 aliphatic carbocycles. The van der Waals surface area contributed by atoms with Crippen molar-refractivity contribution < 1.29 is 4.21 Å². The van der Waals surface area contributed by atoms with Crippen LogP contribution < -0.4 is 11.1 Å². The van der Waals surface area contributed by atoms with Crippen molar-refractivity contribution in [3.05, 3.63) is 35.9 Å². The van der Waals surface area contributed by atoms with Gasteiger partial charge >= 0.3 is 0 Å². The van der Waals surface area contributed by atoms with E-state index in [0.29, 0.717) is 30.1 Å². The Hall–Kier alpha value is -1.36. The highest BCUT2D eigenvalue weighted by Gasteiger charge is 2.04. The van der Waals surface area contributed by atoms with E-state index in [-0.39, 0.29) is 0 Å². The maximum atomic E-state index is 12.0. The number of hydrogen-bond acceptors (Lipinski definition) is 2. The van der Waals surface area contributed by atoms with Gasteiger partial charge in [0.05, 0.1) is 6.54 Å². The van der Waals surface area contributed by atoms with Crippen molar-refractivity contribution in [2.24, 2.45) is 16.6 Å². The number of hydrogen-bond donors (Lipinski definition) is 2. The molecule has 3 N–H and O–H groups in total. The molecule has 130 valence electrons. The lowest BCUT2D eigenvalue weighted by Crippen LogP contribution is -2.38. The van der Waals surface area contributed by atoms with E-state index in [1.165, 1.54) is 12.8 Å². The van der Waals surface area contributed by atoms with Gasteiger partial charge in [-0.05, 0) is 24.8 Å². The SMILES string of the molecule is CC(C)CCCC(C)NC(N)=NCCS(=O)Cc1ccccc1. The van der Waals surface area contributed by atoms with Crippen LogP contribution in [0.5, 0.6) is 0 Å². The molecule has 1 aromatic rings. The predicted molar refractivity (Wildman–Crippen MR) is 101 cm³/mol. The van der Waals surface area contributed by atoms with E-state index in [9.17, 15) is 4.21 Å². The average Bonchev–Trinajstić information content (AvgIpc) is 2.47. The van der Waals surface area contributed by atoms with Crippen LogP contribution in [0.1, 0.15) is 45.6 Å². The molecule has 2 unspecified atom stereocenters. The van der Waals surface area contributed by atoms with Crippen molar-refractivity contribution in [1.82, 2.24) is 5.32 Å². The smallest absolute Gasteiger partial charge is 0.188 e. The van der Waals surface area contributed by atoms with Crippen molar-refractivity contribution in [3.63, 3.8) is 0 Å². The highest BCUT2D eigenvalue weighted by Crippen LogP contribution is 2.08. The van der Waals surface area contributed by atoms with Gasteiger partial charge in [0, 0.05) is 28.3 Å². The van der Waals surface area contributed by atoms with Crippen LogP contribution in [0.2, 0.25) is 0 Å². The second-order valence-electron chi connectivity index (χ2n) is 6.41. The fourth-order valence-corrected chi connectivity index (χ4v) is 3.31. The zero-order chi connectivity index (χ0) is 17.1. The van der Waals surface area contributed by atoms with Crippen LogP contribution in [0.4, 0.5) is 0 Å². The Kier molecular flexibility index (Phi) is 9.60. The predicted octanol–water partition coefficient (Wildman–Crippen LogP) is 3.05. The number of rotatable bonds is 10. The summed E-state index contributed by atoms with van der Waals surface area (Å²) in [7, 11) is -0.901. The standard InChI is InChI=1S/C18H31N3OS/c1-15(2)8-7-9-16(3)21-18(19)20-12-13-23(22)14-17-10-5-4-6-11-17/h4-6,10-11,15-16H,7-9,12-14H2,1-3H3,(H3,19,20,21). The van der Waals surface area contributed by atoms with E-state index < -0.39 is 10.8 Å². The molecule has 0 heterocycles. The lowest BCUT2D eigenvalue weighted by molar-refractivity contribution is 0.493. The summed E-state index contributed by atoms with van der Waals surface area (Å²) in [5.74, 6) is 2.32. The van der Waals surface area contributed by atoms with E-state index in [1.54, 1.807) is 0 Å². The molecule has 1 aromatic carbocycles. The second kappa shape index (κ2) is 11.2. The molecule has 0 radical (unpaired) electrons. The molecule has 0 aliphatic heterocycles. The van der Waals surface area contributed by atoms with E-state index in [4.69, 9.17) is 5.73 Å². The monoisotopic (exact) mass is 337 g/mol. The highest BCUT2D eigenvalue weighted by atomic mass is 32.2. The molecule has 0 fully saturated rings. The van der Waals surface area contributed by atoms with E-state index in [0.717, 1.165) is 17.9 Å². The number of nitrogens with zero attached hydrogens (tertiary/aromatic N) is 1. The third-order valence-corrected chi connectivity index (χ3v) is 4.88. The minimum absolute atomic E-state index is 0.326. The minimum atomic E-state index is -0.901. The molecule has 0 aliphatic rings. The first kappa shape index (κ1) is 19.7. The van der Waals surface area contributed by atoms with Gasteiger partial charge < -0.3 is 11.1 Å². The quantitative estimate of drug-likeness (QED) is 0.509. The van der Waals surface area contributed by atoms with Crippen molar-refractivity contribution in [1.29, 1.82) is 0 Å². The summed E-state index contributed by atoms with van der Waals surface area (Å²) in [5.41, 5.74) is 6.98. The number of nitrogens with two attached hydrogens (primary N) is 1. The lowest BCUT2D eigenvalue weighted by atomic mass is 10.0. The van der Waals surface area contributed by atoms with Crippen LogP contribution in [0.25, 0.3) is 0 Å². The van der Waals surface area contributed by atoms with Crippen molar-refractivity contribution in [2.75, 3.05) is 12.3 Å². The van der Waals surface area contributed by atoms with Gasteiger partial charge in [-0.15, -0.1) is 0 Å². The fraction of sp³-hybridized carbons (Fsp3) is 0.611. The summed E-state index contributed by atoms with van der Waals surface area (Å²) in [6.45, 7) is 7.10. The highest BCUT2D eigenvalue weighted by molar-refractivity contribution is 7.84. The van der Waals surface area contributed by atoms with E-state index in [1.807, 2.05) is 30.3 Å². The summed E-state index contributed by atoms with van der Waals surface area (Å²) in [6, 6.07) is 10.2. The first-order valence-corrected chi connectivity index (χ1v) is 9.91. The first-order valence-electron chi connectivity index (χ1n) is 8.42. The van der Waals surface area contributed by atoms with Crippen molar-refractivity contribution >= 4 is 16.8 Å². The maximum absolute atomic E-state index is 12.0. The minimum Gasteiger partial charge on any atom is -0.370 e. The Bertz CT molecular complexity index is 488. The van der Waals surface area contributed by atoms with Gasteiger partial charge in [-0.2, -0.15) is 0 Å². The van der Waals surface area contributed by atoms with Gasteiger partial charge in [0.25, 0.3) is 0 Å². The molecule has 0 amide bonds.